The molecule has 1 saturated heterocycles. The van der Waals surface area contributed by atoms with E-state index in [-0.39, 0.29) is 0 Å². The molecule has 1 aromatic rings. The van der Waals surface area contributed by atoms with Crippen molar-refractivity contribution in [2.45, 2.75) is 19.9 Å². The number of hydrogen-bond donors (Lipinski definition) is 2. The second-order valence-electron chi connectivity index (χ2n) is 6.73. The highest BCUT2D eigenvalue weighted by Gasteiger charge is 2.18. The Kier molecular flexibility index (Phi) is 8.01. The number of likely N-dealkylation sites (N-methyl/N-ethyl adjacent to an activating group) is 1. The summed E-state index contributed by atoms with van der Waals surface area (Å²) in [5, 5.41) is 6.72. The first kappa shape index (κ1) is 19.5. The molecule has 1 atom stereocenters. The summed E-state index contributed by atoms with van der Waals surface area (Å²) >= 11 is 0. The third-order valence-electron chi connectivity index (χ3n) is 4.63. The van der Waals surface area contributed by atoms with E-state index in [4.69, 9.17) is 4.74 Å². The van der Waals surface area contributed by atoms with E-state index in [9.17, 15) is 0 Å². The molecule has 6 heteroatoms. The molecule has 0 aliphatic carbocycles. The maximum absolute atomic E-state index is 5.73. The van der Waals surface area contributed by atoms with Crippen LogP contribution in [0.3, 0.4) is 0 Å². The van der Waals surface area contributed by atoms with Crippen molar-refractivity contribution in [1.82, 2.24) is 20.4 Å². The molecule has 1 aliphatic rings. The number of rotatable bonds is 7. The number of nitrogens with one attached hydrogen (secondary N) is 2. The second-order valence-corrected chi connectivity index (χ2v) is 6.73. The Morgan fingerprint density at radius 3 is 2.48 bits per heavy atom. The average Bonchev–Trinajstić information content (AvgIpc) is 2.63. The van der Waals surface area contributed by atoms with Gasteiger partial charge in [0.2, 0.25) is 0 Å². The first-order valence-electron chi connectivity index (χ1n) is 9.15. The summed E-state index contributed by atoms with van der Waals surface area (Å²) in [6.07, 6.45) is 0. The summed E-state index contributed by atoms with van der Waals surface area (Å²) in [7, 11) is 3.99. The predicted octanol–water partition coefficient (Wildman–Crippen LogP) is 1.17. The van der Waals surface area contributed by atoms with E-state index in [1.807, 2.05) is 12.1 Å². The minimum absolute atomic E-state index is 0.496. The number of aliphatic imine (C=N–C) groups is 1. The highest BCUT2D eigenvalue weighted by Crippen LogP contribution is 2.10. The molecular weight excluding hydrogens is 314 g/mol. The van der Waals surface area contributed by atoms with Crippen LogP contribution < -0.4 is 15.4 Å². The molecule has 0 bridgehead atoms. The Morgan fingerprint density at radius 1 is 1.16 bits per heavy atom. The molecule has 0 aromatic heterocycles. The van der Waals surface area contributed by atoms with E-state index in [1.54, 1.807) is 7.05 Å². The molecule has 1 fully saturated rings. The molecular formula is C19H33N5O. The fourth-order valence-electron chi connectivity index (χ4n) is 2.83. The summed E-state index contributed by atoms with van der Waals surface area (Å²) in [4.78, 5) is 9.19. The summed E-state index contributed by atoms with van der Waals surface area (Å²) in [6.45, 7) is 11.1. The quantitative estimate of drug-likeness (QED) is 0.441. The van der Waals surface area contributed by atoms with Crippen LogP contribution in [-0.4, -0.2) is 81.8 Å². The lowest BCUT2D eigenvalue weighted by Gasteiger charge is -2.36. The average molecular weight is 348 g/mol. The van der Waals surface area contributed by atoms with Gasteiger partial charge in [-0.05, 0) is 33.0 Å². The summed E-state index contributed by atoms with van der Waals surface area (Å²) < 4.78 is 5.73. The van der Waals surface area contributed by atoms with E-state index in [2.05, 4.69) is 58.5 Å². The standard InChI is InChI=1S/C19H33N5O/c1-16-5-7-18(8-6-16)25-14-9-21-19(20-3)22-15-17(2)24-12-10-23(4)11-13-24/h5-8,17H,9-15H2,1-4H3,(H2,20,21,22). The number of ether oxygens (including phenoxy) is 1. The van der Waals surface area contributed by atoms with Crippen LogP contribution in [0.5, 0.6) is 5.75 Å². The molecule has 0 radical (unpaired) electrons. The first-order valence-corrected chi connectivity index (χ1v) is 9.15. The Bertz CT molecular complexity index is 523. The van der Waals surface area contributed by atoms with E-state index in [1.165, 1.54) is 5.56 Å². The van der Waals surface area contributed by atoms with Gasteiger partial charge >= 0.3 is 0 Å². The lowest BCUT2D eigenvalue weighted by atomic mass is 10.2. The minimum atomic E-state index is 0.496. The summed E-state index contributed by atoms with van der Waals surface area (Å²) in [5.41, 5.74) is 1.24. The van der Waals surface area contributed by atoms with Crippen molar-refractivity contribution in [3.8, 4) is 5.75 Å². The van der Waals surface area contributed by atoms with Crippen LogP contribution in [0.4, 0.5) is 0 Å². The Morgan fingerprint density at radius 2 is 1.84 bits per heavy atom. The molecule has 1 unspecified atom stereocenters. The fraction of sp³-hybridized carbons (Fsp3) is 0.632. The van der Waals surface area contributed by atoms with Gasteiger partial charge in [-0.2, -0.15) is 0 Å². The Labute approximate surface area is 152 Å². The molecule has 2 rings (SSSR count). The van der Waals surface area contributed by atoms with Crippen LogP contribution in [0.2, 0.25) is 0 Å². The van der Waals surface area contributed by atoms with Gasteiger partial charge in [0, 0.05) is 45.8 Å². The smallest absolute Gasteiger partial charge is 0.191 e. The van der Waals surface area contributed by atoms with Crippen LogP contribution in [0.25, 0.3) is 0 Å². The van der Waals surface area contributed by atoms with Crippen LogP contribution in [-0.2, 0) is 0 Å². The van der Waals surface area contributed by atoms with Gasteiger partial charge < -0.3 is 20.3 Å². The van der Waals surface area contributed by atoms with Crippen molar-refractivity contribution in [3.63, 3.8) is 0 Å². The number of guanidine groups is 1. The lowest BCUT2D eigenvalue weighted by molar-refractivity contribution is 0.120. The van der Waals surface area contributed by atoms with Gasteiger partial charge in [0.05, 0.1) is 6.54 Å². The number of aryl methyl sites for hydroxylation is 1. The predicted molar refractivity (Wildman–Crippen MR) is 105 cm³/mol. The number of nitrogens with zero attached hydrogens (tertiary/aromatic N) is 3. The van der Waals surface area contributed by atoms with Gasteiger partial charge in [0.15, 0.2) is 5.96 Å². The molecule has 0 saturated carbocycles. The third-order valence-corrected chi connectivity index (χ3v) is 4.63. The SMILES string of the molecule is CN=C(NCCOc1ccc(C)cc1)NCC(C)N1CCN(C)CC1. The molecule has 25 heavy (non-hydrogen) atoms. The topological polar surface area (TPSA) is 52.1 Å². The van der Waals surface area contributed by atoms with Gasteiger partial charge in [0.1, 0.15) is 12.4 Å². The molecule has 1 aliphatic heterocycles. The highest BCUT2D eigenvalue weighted by atomic mass is 16.5. The summed E-state index contributed by atoms with van der Waals surface area (Å²) in [5.74, 6) is 1.73. The Balaban J connectivity index is 1.62. The summed E-state index contributed by atoms with van der Waals surface area (Å²) in [6, 6.07) is 8.61. The van der Waals surface area contributed by atoms with Crippen molar-refractivity contribution in [1.29, 1.82) is 0 Å². The second kappa shape index (κ2) is 10.3. The van der Waals surface area contributed by atoms with Gasteiger partial charge in [-0.15, -0.1) is 0 Å². The monoisotopic (exact) mass is 347 g/mol. The van der Waals surface area contributed by atoms with Crippen LogP contribution in [0.15, 0.2) is 29.3 Å². The van der Waals surface area contributed by atoms with Crippen molar-refractivity contribution in [2.24, 2.45) is 4.99 Å². The molecule has 6 nitrogen and oxygen atoms in total. The van der Waals surface area contributed by atoms with Crippen LogP contribution in [0, 0.1) is 6.92 Å². The van der Waals surface area contributed by atoms with Crippen molar-refractivity contribution in [2.75, 3.05) is 60.0 Å². The first-order chi connectivity index (χ1) is 12.1. The van der Waals surface area contributed by atoms with Gasteiger partial charge in [-0.25, -0.2) is 0 Å². The molecule has 2 N–H and O–H groups in total. The van der Waals surface area contributed by atoms with Gasteiger partial charge in [-0.1, -0.05) is 17.7 Å². The molecule has 1 aromatic carbocycles. The maximum Gasteiger partial charge on any atom is 0.191 e. The third kappa shape index (κ3) is 6.92. The van der Waals surface area contributed by atoms with E-state index >= 15 is 0 Å². The highest BCUT2D eigenvalue weighted by molar-refractivity contribution is 5.79. The van der Waals surface area contributed by atoms with Crippen molar-refractivity contribution < 1.29 is 4.74 Å². The zero-order valence-corrected chi connectivity index (χ0v) is 16.1. The normalized spacial score (nSPS) is 18.0. The van der Waals surface area contributed by atoms with E-state index in [0.29, 0.717) is 12.6 Å². The molecule has 0 spiro atoms. The fourth-order valence-corrected chi connectivity index (χ4v) is 2.83. The zero-order chi connectivity index (χ0) is 18.1. The Hall–Kier alpha value is -1.79. The molecule has 0 amide bonds. The van der Waals surface area contributed by atoms with Crippen LogP contribution in [0.1, 0.15) is 12.5 Å². The van der Waals surface area contributed by atoms with Crippen molar-refractivity contribution in [3.05, 3.63) is 29.8 Å². The van der Waals surface area contributed by atoms with Gasteiger partial charge in [-0.3, -0.25) is 9.89 Å². The van der Waals surface area contributed by atoms with E-state index < -0.39 is 0 Å². The molecule has 140 valence electrons. The maximum atomic E-state index is 5.73. The minimum Gasteiger partial charge on any atom is -0.492 e. The largest absolute Gasteiger partial charge is 0.492 e. The number of piperazine rings is 1. The van der Waals surface area contributed by atoms with Crippen molar-refractivity contribution >= 4 is 5.96 Å². The number of hydrogen-bond acceptors (Lipinski definition) is 4. The van der Waals surface area contributed by atoms with Crippen LogP contribution >= 0.6 is 0 Å². The van der Waals surface area contributed by atoms with Gasteiger partial charge in [0.25, 0.3) is 0 Å². The zero-order valence-electron chi connectivity index (χ0n) is 16.1. The molecule has 1 heterocycles. The van der Waals surface area contributed by atoms with E-state index in [0.717, 1.165) is 51.0 Å². The number of benzene rings is 1. The lowest BCUT2D eigenvalue weighted by Crippen LogP contribution is -2.52.